The van der Waals surface area contributed by atoms with Crippen LogP contribution in [0.15, 0.2) is 30.3 Å². The van der Waals surface area contributed by atoms with Crippen LogP contribution in [0.2, 0.25) is 0 Å². The van der Waals surface area contributed by atoms with Gasteiger partial charge in [-0.15, -0.1) is 0 Å². The Labute approximate surface area is 90.2 Å². The topological polar surface area (TPSA) is 50.8 Å². The molecule has 0 unspecified atom stereocenters. The van der Waals surface area contributed by atoms with Gasteiger partial charge in [-0.1, -0.05) is 18.2 Å². The Bertz CT molecular complexity index is 358. The van der Waals surface area contributed by atoms with E-state index in [9.17, 15) is 0 Å². The highest BCUT2D eigenvalue weighted by Gasteiger charge is 2.11. The van der Waals surface area contributed by atoms with Crippen molar-refractivity contribution in [2.45, 2.75) is 6.92 Å². The molecule has 0 aromatic heterocycles. The first-order valence-electron chi connectivity index (χ1n) is 4.91. The van der Waals surface area contributed by atoms with Crippen LogP contribution in [0.4, 0.5) is 5.69 Å². The van der Waals surface area contributed by atoms with Crippen LogP contribution < -0.4 is 4.90 Å². The summed E-state index contributed by atoms with van der Waals surface area (Å²) in [6.07, 6.45) is 0. The highest BCUT2D eigenvalue weighted by molar-refractivity contribution is 5.46. The minimum Gasteiger partial charge on any atom is -0.369 e. The summed E-state index contributed by atoms with van der Waals surface area (Å²) < 4.78 is 0. The first-order chi connectivity index (χ1) is 7.31. The van der Waals surface area contributed by atoms with Crippen LogP contribution >= 0.6 is 0 Å². The predicted molar refractivity (Wildman–Crippen MR) is 59.0 cm³/mol. The molecule has 0 saturated heterocycles. The standard InChI is InChI=1S/C12H13N3/c1-2-15(10-11(8-13)9-14)12-6-4-3-5-7-12/h3-7,11H,2,10H2,1H3. The van der Waals surface area contributed by atoms with Crippen LogP contribution in [0.3, 0.4) is 0 Å². The average Bonchev–Trinajstić information content (AvgIpc) is 2.32. The van der Waals surface area contributed by atoms with Crippen molar-refractivity contribution in [1.29, 1.82) is 10.5 Å². The van der Waals surface area contributed by atoms with E-state index in [0.29, 0.717) is 6.54 Å². The summed E-state index contributed by atoms with van der Waals surface area (Å²) in [6.45, 7) is 3.27. The van der Waals surface area contributed by atoms with Crippen LogP contribution in [-0.2, 0) is 0 Å². The lowest BCUT2D eigenvalue weighted by atomic mass is 10.1. The number of nitrogens with zero attached hydrogens (tertiary/aromatic N) is 3. The normalized spacial score (nSPS) is 9.33. The summed E-state index contributed by atoms with van der Waals surface area (Å²) in [6, 6.07) is 13.8. The van der Waals surface area contributed by atoms with E-state index in [4.69, 9.17) is 10.5 Å². The van der Waals surface area contributed by atoms with Gasteiger partial charge < -0.3 is 4.90 Å². The lowest BCUT2D eigenvalue weighted by molar-refractivity contribution is 0.745. The van der Waals surface area contributed by atoms with E-state index in [0.717, 1.165) is 12.2 Å². The number of anilines is 1. The van der Waals surface area contributed by atoms with Gasteiger partial charge >= 0.3 is 0 Å². The van der Waals surface area contributed by atoms with E-state index in [1.54, 1.807) is 0 Å². The molecular weight excluding hydrogens is 186 g/mol. The molecule has 0 atom stereocenters. The molecule has 0 bridgehead atoms. The van der Waals surface area contributed by atoms with Crippen molar-refractivity contribution >= 4 is 5.69 Å². The zero-order valence-electron chi connectivity index (χ0n) is 8.72. The van der Waals surface area contributed by atoms with Crippen molar-refractivity contribution in [3.8, 4) is 12.1 Å². The highest BCUT2D eigenvalue weighted by atomic mass is 15.1. The van der Waals surface area contributed by atoms with Gasteiger partial charge in [-0.05, 0) is 19.1 Å². The molecule has 76 valence electrons. The minimum absolute atomic E-state index is 0.466. The molecule has 0 heterocycles. The summed E-state index contributed by atoms with van der Waals surface area (Å²) in [5.41, 5.74) is 1.05. The van der Waals surface area contributed by atoms with E-state index < -0.39 is 5.92 Å². The zero-order chi connectivity index (χ0) is 11.1. The van der Waals surface area contributed by atoms with Crippen molar-refractivity contribution in [3.05, 3.63) is 30.3 Å². The van der Waals surface area contributed by atoms with Gasteiger partial charge in [0.25, 0.3) is 0 Å². The highest BCUT2D eigenvalue weighted by Crippen LogP contribution is 2.14. The Morgan fingerprint density at radius 3 is 2.27 bits per heavy atom. The Balaban J connectivity index is 2.75. The van der Waals surface area contributed by atoms with Crippen LogP contribution in [0, 0.1) is 28.6 Å². The Kier molecular flexibility index (Phi) is 4.19. The van der Waals surface area contributed by atoms with E-state index in [1.165, 1.54) is 0 Å². The number of rotatable bonds is 4. The Morgan fingerprint density at radius 2 is 1.80 bits per heavy atom. The molecule has 0 amide bonds. The second-order valence-corrected chi connectivity index (χ2v) is 3.18. The SMILES string of the molecule is CCN(CC(C#N)C#N)c1ccccc1. The Morgan fingerprint density at radius 1 is 1.20 bits per heavy atom. The fourth-order valence-corrected chi connectivity index (χ4v) is 1.39. The predicted octanol–water partition coefficient (Wildman–Crippen LogP) is 2.18. The van der Waals surface area contributed by atoms with Gasteiger partial charge in [0.1, 0.15) is 0 Å². The molecule has 3 heteroatoms. The van der Waals surface area contributed by atoms with Crippen LogP contribution in [0.1, 0.15) is 6.92 Å². The van der Waals surface area contributed by atoms with Crippen molar-refractivity contribution in [1.82, 2.24) is 0 Å². The molecule has 0 aliphatic carbocycles. The molecule has 0 spiro atoms. The van der Waals surface area contributed by atoms with E-state index in [1.807, 2.05) is 54.3 Å². The van der Waals surface area contributed by atoms with E-state index in [-0.39, 0.29) is 0 Å². The molecule has 0 N–H and O–H groups in total. The molecular formula is C12H13N3. The maximum Gasteiger partial charge on any atom is 0.150 e. The lowest BCUT2D eigenvalue weighted by Crippen LogP contribution is -2.28. The molecule has 0 saturated carbocycles. The second kappa shape index (κ2) is 5.67. The summed E-state index contributed by atoms with van der Waals surface area (Å²) in [5, 5.41) is 17.4. The molecule has 1 aromatic carbocycles. The Hall–Kier alpha value is -2.00. The van der Waals surface area contributed by atoms with Gasteiger partial charge in [-0.3, -0.25) is 0 Å². The third-order valence-corrected chi connectivity index (χ3v) is 2.22. The van der Waals surface area contributed by atoms with Crippen molar-refractivity contribution < 1.29 is 0 Å². The van der Waals surface area contributed by atoms with Crippen LogP contribution in [0.25, 0.3) is 0 Å². The first-order valence-corrected chi connectivity index (χ1v) is 4.91. The molecule has 0 aliphatic rings. The fraction of sp³-hybridized carbons (Fsp3) is 0.333. The smallest absolute Gasteiger partial charge is 0.150 e. The summed E-state index contributed by atoms with van der Waals surface area (Å²) >= 11 is 0. The number of hydrogen-bond acceptors (Lipinski definition) is 3. The van der Waals surface area contributed by atoms with Crippen LogP contribution in [-0.4, -0.2) is 13.1 Å². The summed E-state index contributed by atoms with van der Waals surface area (Å²) in [4.78, 5) is 2.02. The van der Waals surface area contributed by atoms with Crippen molar-refractivity contribution in [2.75, 3.05) is 18.0 Å². The molecule has 15 heavy (non-hydrogen) atoms. The molecule has 3 nitrogen and oxygen atoms in total. The van der Waals surface area contributed by atoms with Gasteiger partial charge in [-0.25, -0.2) is 0 Å². The number of para-hydroxylation sites is 1. The molecule has 0 fully saturated rings. The second-order valence-electron chi connectivity index (χ2n) is 3.18. The van der Waals surface area contributed by atoms with E-state index >= 15 is 0 Å². The fourth-order valence-electron chi connectivity index (χ4n) is 1.39. The van der Waals surface area contributed by atoms with Gasteiger partial charge in [0.2, 0.25) is 0 Å². The van der Waals surface area contributed by atoms with Gasteiger partial charge in [0.05, 0.1) is 12.1 Å². The van der Waals surface area contributed by atoms with Crippen molar-refractivity contribution in [2.24, 2.45) is 5.92 Å². The van der Waals surface area contributed by atoms with Crippen molar-refractivity contribution in [3.63, 3.8) is 0 Å². The lowest BCUT2D eigenvalue weighted by Gasteiger charge is -2.23. The molecule has 1 aromatic rings. The molecule has 0 aliphatic heterocycles. The molecule has 0 radical (unpaired) electrons. The third kappa shape index (κ3) is 3.00. The average molecular weight is 199 g/mol. The minimum atomic E-state index is -0.565. The maximum absolute atomic E-state index is 8.72. The van der Waals surface area contributed by atoms with E-state index in [2.05, 4.69) is 0 Å². The number of hydrogen-bond donors (Lipinski definition) is 0. The third-order valence-electron chi connectivity index (χ3n) is 2.22. The van der Waals surface area contributed by atoms with Crippen LogP contribution in [0.5, 0.6) is 0 Å². The zero-order valence-corrected chi connectivity index (χ0v) is 8.72. The number of benzene rings is 1. The monoisotopic (exact) mass is 199 g/mol. The maximum atomic E-state index is 8.72. The van der Waals surface area contributed by atoms with Gasteiger partial charge in [0.15, 0.2) is 5.92 Å². The largest absolute Gasteiger partial charge is 0.369 e. The summed E-state index contributed by atoms with van der Waals surface area (Å²) in [5.74, 6) is -0.565. The van der Waals surface area contributed by atoms with Gasteiger partial charge in [-0.2, -0.15) is 10.5 Å². The van der Waals surface area contributed by atoms with Gasteiger partial charge in [0, 0.05) is 18.8 Å². The summed E-state index contributed by atoms with van der Waals surface area (Å²) in [7, 11) is 0. The molecule has 1 rings (SSSR count). The quantitative estimate of drug-likeness (QED) is 0.746. The number of nitriles is 2. The first kappa shape index (κ1) is 11.1.